The topological polar surface area (TPSA) is 52.3 Å². The molecule has 0 amide bonds. The maximum Gasteiger partial charge on any atom is 0.375 e. The number of hydrogen-bond donors (Lipinski definition) is 0. The molecule has 0 aliphatic heterocycles. The third-order valence-corrected chi connectivity index (χ3v) is 4.25. The second kappa shape index (κ2) is 5.76. The van der Waals surface area contributed by atoms with Crippen molar-refractivity contribution < 1.29 is 13.9 Å². The third-order valence-electron chi connectivity index (χ3n) is 4.25. The summed E-state index contributed by atoms with van der Waals surface area (Å²) in [6.45, 7) is 4.24. The van der Waals surface area contributed by atoms with Crippen molar-refractivity contribution in [3.8, 4) is 0 Å². The summed E-state index contributed by atoms with van der Waals surface area (Å²) in [5, 5.41) is 0. The van der Waals surface area contributed by atoms with Crippen LogP contribution in [-0.2, 0) is 16.6 Å². The molecule has 0 saturated heterocycles. The van der Waals surface area contributed by atoms with E-state index in [1.165, 1.54) is 20.0 Å². The molecule has 1 saturated carbocycles. The predicted octanol–water partition coefficient (Wildman–Crippen LogP) is 3.64. The molecule has 4 heteroatoms. The Bertz CT molecular complexity index is 444. The first-order valence-corrected chi connectivity index (χ1v) is 7.25. The van der Waals surface area contributed by atoms with Crippen molar-refractivity contribution in [2.45, 2.75) is 64.2 Å². The van der Waals surface area contributed by atoms with E-state index in [9.17, 15) is 4.79 Å². The highest BCUT2D eigenvalue weighted by Gasteiger charge is 2.39. The summed E-state index contributed by atoms with van der Waals surface area (Å²) in [4.78, 5) is 16.4. The van der Waals surface area contributed by atoms with Gasteiger partial charge < -0.3 is 9.15 Å². The van der Waals surface area contributed by atoms with E-state index in [2.05, 4.69) is 18.8 Å². The zero-order chi connectivity index (χ0) is 13.9. The summed E-state index contributed by atoms with van der Waals surface area (Å²) < 4.78 is 10.6. The van der Waals surface area contributed by atoms with E-state index >= 15 is 0 Å². The largest absolute Gasteiger partial charge is 0.463 e. The van der Waals surface area contributed by atoms with Crippen LogP contribution in [-0.4, -0.2) is 18.1 Å². The summed E-state index contributed by atoms with van der Waals surface area (Å²) in [6, 6.07) is 0. The van der Waals surface area contributed by atoms with Gasteiger partial charge in [0.2, 0.25) is 11.7 Å². The number of rotatable bonds is 5. The highest BCUT2D eigenvalue weighted by atomic mass is 16.5. The average Bonchev–Trinajstić information content (AvgIpc) is 3.05. The van der Waals surface area contributed by atoms with Crippen LogP contribution in [0.4, 0.5) is 0 Å². The first-order valence-electron chi connectivity index (χ1n) is 7.25. The van der Waals surface area contributed by atoms with Crippen LogP contribution in [0.2, 0.25) is 0 Å². The number of aryl methyl sites for hydroxylation is 1. The Kier molecular flexibility index (Phi) is 4.27. The van der Waals surface area contributed by atoms with Crippen LogP contribution in [0.5, 0.6) is 0 Å². The molecule has 1 aliphatic rings. The van der Waals surface area contributed by atoms with Gasteiger partial charge in [0.1, 0.15) is 0 Å². The zero-order valence-corrected chi connectivity index (χ0v) is 12.1. The van der Waals surface area contributed by atoms with E-state index in [4.69, 9.17) is 9.15 Å². The van der Waals surface area contributed by atoms with Gasteiger partial charge in [-0.3, -0.25) is 0 Å². The van der Waals surface area contributed by atoms with Crippen molar-refractivity contribution in [3.05, 3.63) is 17.3 Å². The fourth-order valence-corrected chi connectivity index (χ4v) is 3.01. The van der Waals surface area contributed by atoms with Crippen LogP contribution in [0.3, 0.4) is 0 Å². The molecule has 1 aliphatic carbocycles. The smallest absolute Gasteiger partial charge is 0.375 e. The molecule has 1 aromatic heterocycles. The molecule has 1 aromatic rings. The Hall–Kier alpha value is -1.32. The first-order chi connectivity index (χ1) is 9.16. The van der Waals surface area contributed by atoms with Crippen molar-refractivity contribution in [1.29, 1.82) is 0 Å². The fraction of sp³-hybridized carbons (Fsp3) is 0.733. The Morgan fingerprint density at radius 3 is 2.58 bits per heavy atom. The maximum atomic E-state index is 11.8. The molecule has 2 rings (SSSR count). The van der Waals surface area contributed by atoms with E-state index in [0.717, 1.165) is 43.7 Å². The van der Waals surface area contributed by atoms with Crippen LogP contribution >= 0.6 is 0 Å². The Labute approximate surface area is 114 Å². The van der Waals surface area contributed by atoms with E-state index < -0.39 is 5.97 Å². The van der Waals surface area contributed by atoms with Gasteiger partial charge in [0, 0.05) is 5.41 Å². The van der Waals surface area contributed by atoms with Gasteiger partial charge in [-0.25, -0.2) is 9.78 Å². The number of aromatic nitrogens is 1. The molecule has 4 nitrogen and oxygen atoms in total. The van der Waals surface area contributed by atoms with Gasteiger partial charge in [-0.15, -0.1) is 0 Å². The van der Waals surface area contributed by atoms with E-state index in [1.807, 2.05) is 0 Å². The van der Waals surface area contributed by atoms with Crippen LogP contribution in [0.1, 0.15) is 74.5 Å². The van der Waals surface area contributed by atoms with Crippen LogP contribution in [0.25, 0.3) is 0 Å². The summed E-state index contributed by atoms with van der Waals surface area (Å²) in [5.41, 5.74) is 0.790. The number of nitrogens with zero attached hydrogens (tertiary/aromatic N) is 1. The number of carbonyl (C=O) groups excluding carboxylic acids is 1. The molecular weight excluding hydrogens is 242 g/mol. The highest BCUT2D eigenvalue weighted by Crippen LogP contribution is 2.43. The maximum absolute atomic E-state index is 11.8. The number of methoxy groups -OCH3 is 1. The van der Waals surface area contributed by atoms with Gasteiger partial charge in [0.05, 0.1) is 12.8 Å². The molecule has 0 spiro atoms. The standard InChI is InChI=1S/C15H23NO3/c1-4-8-11-12(13(17)18-3)19-14(16-11)15(5-2)9-6-7-10-15/h4-10H2,1-3H3. The average molecular weight is 265 g/mol. The molecule has 1 fully saturated rings. The zero-order valence-electron chi connectivity index (χ0n) is 12.1. The molecular formula is C15H23NO3. The van der Waals surface area contributed by atoms with Crippen molar-refractivity contribution >= 4 is 5.97 Å². The number of hydrogen-bond acceptors (Lipinski definition) is 4. The van der Waals surface area contributed by atoms with Gasteiger partial charge in [-0.05, 0) is 25.7 Å². The normalized spacial score (nSPS) is 17.6. The molecule has 1 heterocycles. The molecule has 0 N–H and O–H groups in total. The van der Waals surface area contributed by atoms with Crippen molar-refractivity contribution in [3.63, 3.8) is 0 Å². The van der Waals surface area contributed by atoms with Crippen LogP contribution in [0, 0.1) is 0 Å². The summed E-state index contributed by atoms with van der Waals surface area (Å²) in [7, 11) is 1.38. The minimum absolute atomic E-state index is 0.0365. The van der Waals surface area contributed by atoms with Crippen molar-refractivity contribution in [1.82, 2.24) is 4.98 Å². The minimum atomic E-state index is -0.411. The quantitative estimate of drug-likeness (QED) is 0.763. The minimum Gasteiger partial charge on any atom is -0.463 e. The molecule has 0 bridgehead atoms. The third kappa shape index (κ3) is 2.53. The molecule has 106 valence electrons. The Balaban J connectivity index is 2.38. The van der Waals surface area contributed by atoms with Gasteiger partial charge in [0.15, 0.2) is 0 Å². The van der Waals surface area contributed by atoms with E-state index in [0.29, 0.717) is 5.76 Å². The molecule has 0 aromatic carbocycles. The molecule has 0 atom stereocenters. The van der Waals surface area contributed by atoms with Gasteiger partial charge in [0.25, 0.3) is 0 Å². The van der Waals surface area contributed by atoms with Crippen molar-refractivity contribution in [2.75, 3.05) is 7.11 Å². The summed E-state index contributed by atoms with van der Waals surface area (Å²) in [6.07, 6.45) is 7.36. The molecule has 0 radical (unpaired) electrons. The van der Waals surface area contributed by atoms with Gasteiger partial charge in [-0.2, -0.15) is 0 Å². The number of ether oxygens (including phenoxy) is 1. The first kappa shape index (κ1) is 14.1. The van der Waals surface area contributed by atoms with E-state index in [1.54, 1.807) is 0 Å². The SMILES string of the molecule is CCCc1nc(C2(CC)CCCC2)oc1C(=O)OC. The van der Waals surface area contributed by atoms with Crippen molar-refractivity contribution in [2.24, 2.45) is 0 Å². The lowest BCUT2D eigenvalue weighted by molar-refractivity contribution is 0.0558. The van der Waals surface area contributed by atoms with Gasteiger partial charge >= 0.3 is 5.97 Å². The predicted molar refractivity (Wildman–Crippen MR) is 72.3 cm³/mol. The molecule has 0 unspecified atom stereocenters. The fourth-order valence-electron chi connectivity index (χ4n) is 3.01. The number of oxazole rings is 1. The second-order valence-electron chi connectivity index (χ2n) is 5.38. The van der Waals surface area contributed by atoms with Crippen LogP contribution in [0.15, 0.2) is 4.42 Å². The van der Waals surface area contributed by atoms with Crippen LogP contribution < -0.4 is 0 Å². The lowest BCUT2D eigenvalue weighted by atomic mass is 9.83. The summed E-state index contributed by atoms with van der Waals surface area (Å²) in [5.74, 6) is 0.641. The highest BCUT2D eigenvalue weighted by molar-refractivity contribution is 5.87. The Morgan fingerprint density at radius 1 is 1.37 bits per heavy atom. The lowest BCUT2D eigenvalue weighted by Gasteiger charge is -2.22. The number of esters is 1. The van der Waals surface area contributed by atoms with Gasteiger partial charge in [-0.1, -0.05) is 33.1 Å². The molecule has 19 heavy (non-hydrogen) atoms. The van der Waals surface area contributed by atoms with E-state index in [-0.39, 0.29) is 5.41 Å². The lowest BCUT2D eigenvalue weighted by Crippen LogP contribution is -2.21. The Morgan fingerprint density at radius 2 is 2.05 bits per heavy atom. The monoisotopic (exact) mass is 265 g/mol. The number of carbonyl (C=O) groups is 1. The second-order valence-corrected chi connectivity index (χ2v) is 5.38. The summed E-state index contributed by atoms with van der Waals surface area (Å²) >= 11 is 0.